The zero-order valence-electron chi connectivity index (χ0n) is 10.7. The standard InChI is InChI=1S/C10H19O7P/c1-14-9(12)10(18(13,15-2)16-3)17-6-8-4-7(8)5-11/h7-8,10-11H,4-6H2,1-3H3. The highest BCUT2D eigenvalue weighted by Gasteiger charge is 2.45. The van der Waals surface area contributed by atoms with Crippen molar-refractivity contribution in [2.45, 2.75) is 12.3 Å². The second kappa shape index (κ2) is 6.63. The molecule has 0 aromatic rings. The van der Waals surface area contributed by atoms with Crippen molar-refractivity contribution in [3.8, 4) is 0 Å². The Morgan fingerprint density at radius 1 is 1.33 bits per heavy atom. The lowest BCUT2D eigenvalue weighted by atomic mass is 10.3. The summed E-state index contributed by atoms with van der Waals surface area (Å²) in [5.74, 6) is -1.84. The fraction of sp³-hybridized carbons (Fsp3) is 0.900. The minimum absolute atomic E-state index is 0.0864. The summed E-state index contributed by atoms with van der Waals surface area (Å²) in [6.45, 7) is 0.296. The molecule has 0 amide bonds. The average molecular weight is 282 g/mol. The van der Waals surface area contributed by atoms with Crippen LogP contribution in [0.3, 0.4) is 0 Å². The molecule has 7 nitrogen and oxygen atoms in total. The normalized spacial score (nSPS) is 24.7. The quantitative estimate of drug-likeness (QED) is 0.515. The van der Waals surface area contributed by atoms with Gasteiger partial charge in [-0.25, -0.2) is 4.79 Å². The van der Waals surface area contributed by atoms with Crippen molar-refractivity contribution in [1.29, 1.82) is 0 Å². The molecule has 1 fully saturated rings. The fourth-order valence-corrected chi connectivity index (χ4v) is 2.77. The minimum atomic E-state index is -3.68. The van der Waals surface area contributed by atoms with Crippen molar-refractivity contribution < 1.29 is 33.0 Å². The first-order valence-corrected chi connectivity index (χ1v) is 7.15. The summed E-state index contributed by atoms with van der Waals surface area (Å²) in [5, 5.41) is 8.90. The monoisotopic (exact) mass is 282 g/mol. The molecule has 3 unspecified atom stereocenters. The smallest absolute Gasteiger partial charge is 0.370 e. The van der Waals surface area contributed by atoms with E-state index in [1.807, 2.05) is 0 Å². The van der Waals surface area contributed by atoms with E-state index in [0.717, 1.165) is 6.42 Å². The SMILES string of the molecule is COC(=O)C(OCC1CC1CO)P(=O)(OC)OC. The van der Waals surface area contributed by atoms with Gasteiger partial charge in [-0.05, 0) is 18.3 Å². The average Bonchev–Trinajstić information content (AvgIpc) is 3.16. The van der Waals surface area contributed by atoms with Gasteiger partial charge in [-0.1, -0.05) is 0 Å². The number of methoxy groups -OCH3 is 1. The number of hydrogen-bond donors (Lipinski definition) is 1. The molecule has 0 saturated heterocycles. The van der Waals surface area contributed by atoms with Crippen LogP contribution in [0.5, 0.6) is 0 Å². The van der Waals surface area contributed by atoms with E-state index in [1.54, 1.807) is 0 Å². The van der Waals surface area contributed by atoms with Crippen LogP contribution < -0.4 is 0 Å². The van der Waals surface area contributed by atoms with Crippen LogP contribution in [0.4, 0.5) is 0 Å². The van der Waals surface area contributed by atoms with Crippen LogP contribution in [0, 0.1) is 11.8 Å². The maximum atomic E-state index is 12.1. The van der Waals surface area contributed by atoms with Gasteiger partial charge in [0.05, 0.1) is 13.7 Å². The lowest BCUT2D eigenvalue weighted by Crippen LogP contribution is -2.28. The highest BCUT2D eigenvalue weighted by molar-refractivity contribution is 7.55. The van der Waals surface area contributed by atoms with Gasteiger partial charge in [-0.2, -0.15) is 0 Å². The predicted molar refractivity (Wildman–Crippen MR) is 62.1 cm³/mol. The molecule has 0 aromatic carbocycles. The predicted octanol–water partition coefficient (Wildman–Crippen LogP) is 0.616. The van der Waals surface area contributed by atoms with Gasteiger partial charge in [-0.3, -0.25) is 4.57 Å². The number of aliphatic hydroxyl groups excluding tert-OH is 1. The number of carbonyl (C=O) groups is 1. The molecule has 3 atom stereocenters. The van der Waals surface area contributed by atoms with E-state index >= 15 is 0 Å². The van der Waals surface area contributed by atoms with Crippen LogP contribution in [0.1, 0.15) is 6.42 Å². The maximum absolute atomic E-state index is 12.1. The fourth-order valence-electron chi connectivity index (χ4n) is 1.61. The van der Waals surface area contributed by atoms with Crippen molar-refractivity contribution in [1.82, 2.24) is 0 Å². The third kappa shape index (κ3) is 3.52. The number of rotatable bonds is 8. The van der Waals surface area contributed by atoms with Gasteiger partial charge in [-0.15, -0.1) is 0 Å². The van der Waals surface area contributed by atoms with E-state index < -0.39 is 19.4 Å². The van der Waals surface area contributed by atoms with E-state index in [2.05, 4.69) is 4.74 Å². The highest BCUT2D eigenvalue weighted by atomic mass is 31.2. The third-order valence-electron chi connectivity index (χ3n) is 2.97. The molecule has 1 aliphatic rings. The van der Waals surface area contributed by atoms with Gasteiger partial charge >= 0.3 is 13.6 Å². The molecule has 1 saturated carbocycles. The van der Waals surface area contributed by atoms with Crippen molar-refractivity contribution >= 4 is 13.6 Å². The minimum Gasteiger partial charge on any atom is -0.467 e. The first-order valence-electron chi connectivity index (χ1n) is 5.53. The molecule has 0 aliphatic heterocycles. The van der Waals surface area contributed by atoms with Gasteiger partial charge in [0.25, 0.3) is 5.85 Å². The Balaban J connectivity index is 2.62. The van der Waals surface area contributed by atoms with Gasteiger partial charge < -0.3 is 23.6 Å². The largest absolute Gasteiger partial charge is 0.467 e. The molecule has 0 spiro atoms. The Kier molecular flexibility index (Phi) is 5.75. The Bertz CT molecular complexity index is 324. The van der Waals surface area contributed by atoms with Crippen molar-refractivity contribution in [2.75, 3.05) is 34.5 Å². The molecule has 0 bridgehead atoms. The summed E-state index contributed by atoms with van der Waals surface area (Å²) in [7, 11) is -0.156. The van der Waals surface area contributed by atoms with Crippen LogP contribution in [0.2, 0.25) is 0 Å². The van der Waals surface area contributed by atoms with Gasteiger partial charge in [0.2, 0.25) is 0 Å². The topological polar surface area (TPSA) is 91.3 Å². The van der Waals surface area contributed by atoms with E-state index in [9.17, 15) is 9.36 Å². The molecule has 1 rings (SSSR count). The summed E-state index contributed by atoms with van der Waals surface area (Å²) in [5.41, 5.74) is 0. The molecule has 1 aliphatic carbocycles. The van der Waals surface area contributed by atoms with Gasteiger partial charge in [0.15, 0.2) is 0 Å². The number of esters is 1. The first kappa shape index (κ1) is 15.6. The highest BCUT2D eigenvalue weighted by Crippen LogP contribution is 2.53. The molecular weight excluding hydrogens is 263 g/mol. The lowest BCUT2D eigenvalue weighted by Gasteiger charge is -2.22. The molecule has 8 heteroatoms. The van der Waals surface area contributed by atoms with E-state index in [-0.39, 0.29) is 25.0 Å². The van der Waals surface area contributed by atoms with E-state index in [0.29, 0.717) is 0 Å². The number of hydrogen-bond acceptors (Lipinski definition) is 7. The van der Waals surface area contributed by atoms with Gasteiger partial charge in [0, 0.05) is 20.8 Å². The first-order chi connectivity index (χ1) is 8.52. The summed E-state index contributed by atoms with van der Waals surface area (Å²) >= 11 is 0. The van der Waals surface area contributed by atoms with E-state index in [4.69, 9.17) is 18.9 Å². The summed E-state index contributed by atoms with van der Waals surface area (Å²) in [4.78, 5) is 11.5. The summed E-state index contributed by atoms with van der Waals surface area (Å²) < 4.78 is 31.4. The van der Waals surface area contributed by atoms with Crippen LogP contribution in [0.25, 0.3) is 0 Å². The lowest BCUT2D eigenvalue weighted by molar-refractivity contribution is -0.150. The molecular formula is C10H19O7P. The number of aliphatic hydroxyl groups is 1. The van der Waals surface area contributed by atoms with Crippen LogP contribution in [-0.2, 0) is 27.9 Å². The summed E-state index contributed by atoms with van der Waals surface area (Å²) in [6.07, 6.45) is 0.828. The third-order valence-corrected chi connectivity index (χ3v) is 4.92. The molecule has 106 valence electrons. The molecule has 0 radical (unpaired) electrons. The zero-order valence-corrected chi connectivity index (χ0v) is 11.6. The number of ether oxygens (including phenoxy) is 2. The second-order valence-corrected chi connectivity index (χ2v) is 6.33. The summed E-state index contributed by atoms with van der Waals surface area (Å²) in [6, 6.07) is 0. The Morgan fingerprint density at radius 2 is 1.94 bits per heavy atom. The second-order valence-electron chi connectivity index (χ2n) is 4.05. The van der Waals surface area contributed by atoms with Gasteiger partial charge in [0.1, 0.15) is 0 Å². The Morgan fingerprint density at radius 3 is 2.33 bits per heavy atom. The molecule has 0 heterocycles. The Labute approximate surface area is 106 Å². The number of carbonyl (C=O) groups excluding carboxylic acids is 1. The van der Waals surface area contributed by atoms with Crippen LogP contribution in [0.15, 0.2) is 0 Å². The Hall–Kier alpha value is -0.460. The van der Waals surface area contributed by atoms with E-state index in [1.165, 1.54) is 21.3 Å². The molecule has 1 N–H and O–H groups in total. The zero-order chi connectivity index (χ0) is 13.8. The van der Waals surface area contributed by atoms with Crippen molar-refractivity contribution in [3.05, 3.63) is 0 Å². The van der Waals surface area contributed by atoms with Crippen LogP contribution in [-0.4, -0.2) is 51.5 Å². The van der Waals surface area contributed by atoms with Crippen LogP contribution >= 0.6 is 7.60 Å². The maximum Gasteiger partial charge on any atom is 0.370 e. The molecule has 0 aromatic heterocycles. The van der Waals surface area contributed by atoms with Crippen molar-refractivity contribution in [2.24, 2.45) is 11.8 Å². The molecule has 18 heavy (non-hydrogen) atoms. The van der Waals surface area contributed by atoms with Crippen molar-refractivity contribution in [3.63, 3.8) is 0 Å².